The Morgan fingerprint density at radius 3 is 2.27 bits per heavy atom. The Labute approximate surface area is 153 Å². The van der Waals surface area contributed by atoms with Crippen LogP contribution in [0.15, 0.2) is 0 Å². The molecule has 26 heavy (non-hydrogen) atoms. The molecule has 1 unspecified atom stereocenters. The molecule has 3 rings (SSSR count). The average molecular weight is 377 g/mol. The minimum absolute atomic E-state index is 0.147. The number of aliphatic hydroxyl groups is 3. The molecule has 8 atom stereocenters. The molecule has 3 heterocycles. The van der Waals surface area contributed by atoms with Gasteiger partial charge >= 0.3 is 0 Å². The monoisotopic (exact) mass is 377 g/mol. The van der Waals surface area contributed by atoms with E-state index < -0.39 is 30.9 Å². The van der Waals surface area contributed by atoms with Gasteiger partial charge in [0.15, 0.2) is 12.6 Å². The number of hydrogen-bond acceptors (Lipinski definition) is 9. The number of aliphatic hydroxyl groups excluding tert-OH is 3. The highest BCUT2D eigenvalue weighted by atomic mass is 16.7. The molecule has 5 N–H and O–H groups in total. The van der Waals surface area contributed by atoms with Crippen molar-refractivity contribution in [3.63, 3.8) is 0 Å². The lowest BCUT2D eigenvalue weighted by Gasteiger charge is -2.40. The van der Waals surface area contributed by atoms with Crippen LogP contribution in [0.2, 0.25) is 0 Å². The Kier molecular flexibility index (Phi) is 7.62. The van der Waals surface area contributed by atoms with Gasteiger partial charge in [0.25, 0.3) is 0 Å². The topological polar surface area (TPSA) is 133 Å². The maximum Gasteiger partial charge on any atom is 0.160 e. The lowest BCUT2D eigenvalue weighted by atomic mass is 10.0. The quantitative estimate of drug-likeness (QED) is 0.453. The molecule has 0 bridgehead atoms. The summed E-state index contributed by atoms with van der Waals surface area (Å²) in [6.07, 6.45) is -0.776. The van der Waals surface area contributed by atoms with Crippen LogP contribution in [0.5, 0.6) is 0 Å². The number of nitrogens with two attached hydrogens (primary N) is 1. The highest BCUT2D eigenvalue weighted by molar-refractivity contribution is 4.80. The Balaban J connectivity index is 1.53. The minimum Gasteiger partial charge on any atom is -0.394 e. The Bertz CT molecular complexity index is 428. The first-order valence-corrected chi connectivity index (χ1v) is 9.42. The largest absolute Gasteiger partial charge is 0.394 e. The third kappa shape index (κ3) is 5.82. The second-order valence-electron chi connectivity index (χ2n) is 7.33. The highest BCUT2D eigenvalue weighted by Crippen LogP contribution is 2.29. The summed E-state index contributed by atoms with van der Waals surface area (Å²) in [7, 11) is 0. The maximum atomic E-state index is 9.92. The summed E-state index contributed by atoms with van der Waals surface area (Å²) in [5.41, 5.74) is 5.78. The molecule has 152 valence electrons. The van der Waals surface area contributed by atoms with Gasteiger partial charge in [-0.2, -0.15) is 0 Å². The summed E-state index contributed by atoms with van der Waals surface area (Å²) in [4.78, 5) is 0. The first kappa shape index (κ1) is 20.4. The van der Waals surface area contributed by atoms with Crippen LogP contribution in [-0.2, 0) is 23.7 Å². The molecule has 9 heteroatoms. The smallest absolute Gasteiger partial charge is 0.160 e. The second kappa shape index (κ2) is 9.72. The number of hydrogen-bond donors (Lipinski definition) is 4. The van der Waals surface area contributed by atoms with Gasteiger partial charge in [0, 0.05) is 38.6 Å². The zero-order chi connectivity index (χ0) is 18.5. The molecule has 0 aliphatic carbocycles. The fraction of sp³-hybridized carbons (Fsp3) is 1.00. The third-order valence-electron chi connectivity index (χ3n) is 4.97. The van der Waals surface area contributed by atoms with Crippen LogP contribution < -0.4 is 5.73 Å². The molecule has 0 spiro atoms. The molecular weight excluding hydrogens is 346 g/mol. The second-order valence-corrected chi connectivity index (χ2v) is 7.33. The fourth-order valence-corrected chi connectivity index (χ4v) is 3.73. The van der Waals surface area contributed by atoms with Crippen molar-refractivity contribution < 1.29 is 39.0 Å². The van der Waals surface area contributed by atoms with E-state index in [1.165, 1.54) is 0 Å². The van der Waals surface area contributed by atoms with Crippen molar-refractivity contribution in [2.75, 3.05) is 26.4 Å². The van der Waals surface area contributed by atoms with Crippen molar-refractivity contribution in [1.29, 1.82) is 0 Å². The number of rotatable bonds is 6. The van der Waals surface area contributed by atoms with E-state index in [-0.39, 0.29) is 24.9 Å². The van der Waals surface area contributed by atoms with Crippen molar-refractivity contribution in [3.8, 4) is 0 Å². The Morgan fingerprint density at radius 2 is 1.54 bits per heavy atom. The molecular formula is C17H31NO8. The van der Waals surface area contributed by atoms with E-state index in [1.54, 1.807) is 0 Å². The van der Waals surface area contributed by atoms with E-state index >= 15 is 0 Å². The average Bonchev–Trinajstić information content (AvgIpc) is 2.61. The van der Waals surface area contributed by atoms with Crippen LogP contribution >= 0.6 is 0 Å². The van der Waals surface area contributed by atoms with Gasteiger partial charge in [0.05, 0.1) is 56.4 Å². The minimum atomic E-state index is -0.571. The summed E-state index contributed by atoms with van der Waals surface area (Å²) < 4.78 is 28.8. The van der Waals surface area contributed by atoms with Crippen LogP contribution in [0.1, 0.15) is 32.1 Å². The van der Waals surface area contributed by atoms with Crippen molar-refractivity contribution >= 4 is 0 Å². The third-order valence-corrected chi connectivity index (χ3v) is 4.97. The zero-order valence-electron chi connectivity index (χ0n) is 14.9. The van der Waals surface area contributed by atoms with Crippen molar-refractivity contribution in [1.82, 2.24) is 0 Å². The molecule has 9 nitrogen and oxygen atoms in total. The first-order valence-electron chi connectivity index (χ1n) is 9.42. The van der Waals surface area contributed by atoms with Gasteiger partial charge in [0.1, 0.15) is 0 Å². The normalized spacial score (nSPS) is 44.8. The molecule has 0 aromatic rings. The molecule has 0 aromatic heterocycles. The molecule has 3 saturated heterocycles. The van der Waals surface area contributed by atoms with Crippen LogP contribution in [0.25, 0.3) is 0 Å². The van der Waals surface area contributed by atoms with Crippen molar-refractivity contribution in [2.45, 2.75) is 81.3 Å². The van der Waals surface area contributed by atoms with Gasteiger partial charge in [-0.05, 0) is 0 Å². The van der Waals surface area contributed by atoms with Gasteiger partial charge in [-0.25, -0.2) is 0 Å². The van der Waals surface area contributed by atoms with E-state index in [9.17, 15) is 15.3 Å². The van der Waals surface area contributed by atoms with E-state index in [4.69, 9.17) is 29.4 Å². The summed E-state index contributed by atoms with van der Waals surface area (Å²) >= 11 is 0. The van der Waals surface area contributed by atoms with Crippen molar-refractivity contribution in [2.24, 2.45) is 5.73 Å². The molecule has 3 aliphatic rings. The van der Waals surface area contributed by atoms with Gasteiger partial charge < -0.3 is 44.7 Å². The summed E-state index contributed by atoms with van der Waals surface area (Å²) in [6, 6.07) is 0. The van der Waals surface area contributed by atoms with Crippen LogP contribution in [0.3, 0.4) is 0 Å². The van der Waals surface area contributed by atoms with Gasteiger partial charge in [0.2, 0.25) is 0 Å². The molecule has 0 aromatic carbocycles. The fourth-order valence-electron chi connectivity index (χ4n) is 3.73. The number of ether oxygens (including phenoxy) is 5. The van der Waals surface area contributed by atoms with Gasteiger partial charge in [-0.1, -0.05) is 0 Å². The first-order chi connectivity index (χ1) is 12.6. The van der Waals surface area contributed by atoms with Gasteiger partial charge in [-0.15, -0.1) is 0 Å². The lowest BCUT2D eigenvalue weighted by Crippen LogP contribution is -2.47. The van der Waals surface area contributed by atoms with Gasteiger partial charge in [-0.3, -0.25) is 0 Å². The highest BCUT2D eigenvalue weighted by Gasteiger charge is 2.36. The Hall–Kier alpha value is -0.360. The van der Waals surface area contributed by atoms with E-state index in [2.05, 4.69) is 0 Å². The summed E-state index contributed by atoms with van der Waals surface area (Å²) in [6.45, 7) is 0.949. The lowest BCUT2D eigenvalue weighted by molar-refractivity contribution is -0.286. The van der Waals surface area contributed by atoms with Crippen molar-refractivity contribution in [3.05, 3.63) is 0 Å². The molecule has 3 aliphatic heterocycles. The maximum absolute atomic E-state index is 9.92. The molecule has 3 fully saturated rings. The Morgan fingerprint density at radius 1 is 0.808 bits per heavy atom. The van der Waals surface area contributed by atoms with E-state index in [0.717, 1.165) is 0 Å². The SMILES string of the molecule is NC[C@H]1C[C@@H](O[C@@H]2C[C@H](O)CC(CO)O2)C[C@@H](O[C@H]2COC[C@@H](O)C2)O1. The predicted octanol–water partition coefficient (Wildman–Crippen LogP) is -1.14. The van der Waals surface area contributed by atoms with Crippen LogP contribution in [-0.4, -0.2) is 90.9 Å². The van der Waals surface area contributed by atoms with E-state index in [0.29, 0.717) is 51.9 Å². The zero-order valence-corrected chi connectivity index (χ0v) is 14.9. The predicted molar refractivity (Wildman–Crippen MR) is 89.1 cm³/mol. The van der Waals surface area contributed by atoms with E-state index in [1.807, 2.05) is 0 Å². The summed E-state index contributed by atoms with van der Waals surface area (Å²) in [5, 5.41) is 28.9. The van der Waals surface area contributed by atoms with Crippen LogP contribution in [0, 0.1) is 0 Å². The molecule has 0 amide bonds. The standard InChI is InChI=1S/C17H31NO8/c18-6-13-4-12(23-16-3-10(20)1-14(7-19)25-16)5-17(24-13)26-15-2-11(21)8-22-9-15/h10-17,19-21H,1-9,18H2/t10-,11+,12-,13-,14?,15-,16+,17-/m1/s1. The molecule has 0 radical (unpaired) electrons. The van der Waals surface area contributed by atoms with Crippen LogP contribution in [0.4, 0.5) is 0 Å². The molecule has 0 saturated carbocycles. The summed E-state index contributed by atoms with van der Waals surface area (Å²) in [5.74, 6) is 0.